The van der Waals surface area contributed by atoms with Crippen LogP contribution in [0.3, 0.4) is 0 Å². The van der Waals surface area contributed by atoms with Gasteiger partial charge in [-0.3, -0.25) is 4.90 Å². The molecule has 0 bridgehead atoms. The molecule has 0 amide bonds. The van der Waals surface area contributed by atoms with Crippen molar-refractivity contribution in [3.63, 3.8) is 0 Å². The lowest BCUT2D eigenvalue weighted by Gasteiger charge is -2.25. The minimum atomic E-state index is 0.288. The minimum absolute atomic E-state index is 0.288. The monoisotopic (exact) mass is 389 g/mol. The van der Waals surface area contributed by atoms with Crippen LogP contribution in [0.25, 0.3) is 0 Å². The maximum atomic E-state index is 6.19. The first-order chi connectivity index (χ1) is 11.1. The molecule has 1 aliphatic heterocycles. The Bertz CT molecular complexity index is 666. The molecule has 2 aromatic carbocycles. The summed E-state index contributed by atoms with van der Waals surface area (Å²) in [4.78, 5) is 2.26. The fourth-order valence-corrected chi connectivity index (χ4v) is 3.76. The molecular weight excluding hydrogens is 376 g/mol. The van der Waals surface area contributed by atoms with Crippen molar-refractivity contribution in [2.24, 2.45) is 0 Å². The van der Waals surface area contributed by atoms with E-state index in [1.807, 2.05) is 6.07 Å². The lowest BCUT2D eigenvalue weighted by molar-refractivity contribution is 0.115. The zero-order chi connectivity index (χ0) is 16.4. The van der Waals surface area contributed by atoms with Gasteiger partial charge in [-0.15, -0.1) is 0 Å². The molecule has 23 heavy (non-hydrogen) atoms. The van der Waals surface area contributed by atoms with Gasteiger partial charge in [-0.1, -0.05) is 76.7 Å². The molecule has 2 aromatic rings. The molecule has 6 heteroatoms. The predicted octanol–water partition coefficient (Wildman–Crippen LogP) is 6.47. The van der Waals surface area contributed by atoms with Crippen molar-refractivity contribution < 1.29 is 4.74 Å². The molecule has 0 radical (unpaired) electrons. The third-order valence-electron chi connectivity index (χ3n) is 3.99. The average molecular weight is 391 g/mol. The van der Waals surface area contributed by atoms with E-state index >= 15 is 0 Å². The minimum Gasteiger partial charge on any atom is -0.475 e. The van der Waals surface area contributed by atoms with Crippen LogP contribution in [0.15, 0.2) is 36.4 Å². The van der Waals surface area contributed by atoms with E-state index in [9.17, 15) is 0 Å². The molecule has 0 spiro atoms. The summed E-state index contributed by atoms with van der Waals surface area (Å²) in [5.74, 6) is 0.338. The van der Waals surface area contributed by atoms with Crippen LogP contribution in [0, 0.1) is 0 Å². The van der Waals surface area contributed by atoms with Crippen molar-refractivity contribution in [3.05, 3.63) is 62.1 Å². The van der Waals surface area contributed by atoms with Crippen LogP contribution in [0.2, 0.25) is 20.1 Å². The van der Waals surface area contributed by atoms with Crippen LogP contribution < -0.4 is 4.74 Å². The Balaban J connectivity index is 1.76. The lowest BCUT2D eigenvalue weighted by atomic mass is 10.1. The highest BCUT2D eigenvalue weighted by molar-refractivity contribution is 6.48. The molecule has 0 saturated carbocycles. The SMILES string of the molecule is Clc1cc(Cl)c(Cl)c(OCN2CCCC2c2ccccc2)c1Cl. The van der Waals surface area contributed by atoms with Gasteiger partial charge in [0.15, 0.2) is 5.75 Å². The van der Waals surface area contributed by atoms with Crippen molar-refractivity contribution in [2.45, 2.75) is 18.9 Å². The summed E-state index contributed by atoms with van der Waals surface area (Å²) in [6.45, 7) is 1.35. The number of benzene rings is 2. The first-order valence-electron chi connectivity index (χ1n) is 7.32. The topological polar surface area (TPSA) is 12.5 Å². The largest absolute Gasteiger partial charge is 0.475 e. The number of likely N-dealkylation sites (tertiary alicyclic amines) is 1. The Kier molecular flexibility index (Phi) is 5.61. The van der Waals surface area contributed by atoms with Gasteiger partial charge in [-0.05, 0) is 24.5 Å². The zero-order valence-electron chi connectivity index (χ0n) is 12.2. The van der Waals surface area contributed by atoms with Crippen molar-refractivity contribution >= 4 is 46.4 Å². The number of nitrogens with zero attached hydrogens (tertiary/aromatic N) is 1. The highest BCUT2D eigenvalue weighted by atomic mass is 35.5. The van der Waals surface area contributed by atoms with Crippen LogP contribution in [-0.2, 0) is 0 Å². The van der Waals surface area contributed by atoms with Crippen molar-refractivity contribution in [2.75, 3.05) is 13.3 Å². The van der Waals surface area contributed by atoms with Crippen molar-refractivity contribution in [3.8, 4) is 5.75 Å². The fourth-order valence-electron chi connectivity index (χ4n) is 2.86. The summed E-state index contributed by atoms with van der Waals surface area (Å²) in [5, 5.41) is 1.24. The van der Waals surface area contributed by atoms with Gasteiger partial charge in [0.25, 0.3) is 0 Å². The predicted molar refractivity (Wildman–Crippen MR) is 97.1 cm³/mol. The molecule has 1 heterocycles. The van der Waals surface area contributed by atoms with Gasteiger partial charge in [0.2, 0.25) is 0 Å². The number of hydrogen-bond donors (Lipinski definition) is 0. The Labute approximate surface area is 155 Å². The van der Waals surface area contributed by atoms with Gasteiger partial charge in [0.1, 0.15) is 16.8 Å². The van der Waals surface area contributed by atoms with E-state index in [0.717, 1.165) is 19.4 Å². The second-order valence-electron chi connectivity index (χ2n) is 5.45. The van der Waals surface area contributed by atoms with Gasteiger partial charge in [0.05, 0.1) is 10.0 Å². The van der Waals surface area contributed by atoms with Crippen LogP contribution in [0.4, 0.5) is 0 Å². The van der Waals surface area contributed by atoms with E-state index in [-0.39, 0.29) is 10.0 Å². The van der Waals surface area contributed by atoms with Gasteiger partial charge in [0, 0.05) is 12.6 Å². The Hall–Kier alpha value is -0.640. The smallest absolute Gasteiger partial charge is 0.161 e. The lowest BCUT2D eigenvalue weighted by Crippen LogP contribution is -2.28. The molecule has 0 N–H and O–H groups in total. The highest BCUT2D eigenvalue weighted by Gasteiger charge is 2.27. The van der Waals surface area contributed by atoms with Crippen LogP contribution in [-0.4, -0.2) is 18.2 Å². The standard InChI is InChI=1S/C17H15Cl4NO/c18-12-9-13(19)16(21)17(15(12)20)23-10-22-8-4-7-14(22)11-5-2-1-3-6-11/h1-3,5-6,9,14H,4,7-8,10H2. The van der Waals surface area contributed by atoms with E-state index in [4.69, 9.17) is 51.1 Å². The van der Waals surface area contributed by atoms with Gasteiger partial charge in [-0.2, -0.15) is 0 Å². The molecule has 2 nitrogen and oxygen atoms in total. The van der Waals surface area contributed by atoms with E-state index in [0.29, 0.717) is 28.6 Å². The summed E-state index contributed by atoms with van der Waals surface area (Å²) >= 11 is 24.5. The Morgan fingerprint density at radius 1 is 1.00 bits per heavy atom. The molecule has 1 aliphatic rings. The summed E-state index contributed by atoms with van der Waals surface area (Å²) in [6.07, 6.45) is 2.23. The average Bonchev–Trinajstić information content (AvgIpc) is 3.02. The fraction of sp³-hybridized carbons (Fsp3) is 0.294. The number of hydrogen-bond acceptors (Lipinski definition) is 2. The van der Waals surface area contributed by atoms with E-state index < -0.39 is 0 Å². The van der Waals surface area contributed by atoms with Crippen molar-refractivity contribution in [1.29, 1.82) is 0 Å². The number of ether oxygens (including phenoxy) is 1. The molecule has 1 unspecified atom stereocenters. The van der Waals surface area contributed by atoms with Gasteiger partial charge in [-0.25, -0.2) is 0 Å². The molecule has 3 rings (SSSR count). The van der Waals surface area contributed by atoms with E-state index in [1.165, 1.54) is 11.6 Å². The first kappa shape index (κ1) is 17.2. The molecule has 1 saturated heterocycles. The Morgan fingerprint density at radius 3 is 2.30 bits per heavy atom. The molecule has 0 aliphatic carbocycles. The van der Waals surface area contributed by atoms with Crippen LogP contribution >= 0.6 is 46.4 Å². The summed E-state index contributed by atoms with van der Waals surface area (Å²) in [5.41, 5.74) is 1.29. The third kappa shape index (κ3) is 3.72. The summed E-state index contributed by atoms with van der Waals surface area (Å²) < 4.78 is 5.86. The molecule has 122 valence electrons. The summed E-state index contributed by atoms with van der Waals surface area (Å²) in [6, 6.07) is 12.3. The molecular formula is C17H15Cl4NO. The normalized spacial score (nSPS) is 18.3. The van der Waals surface area contributed by atoms with E-state index in [1.54, 1.807) is 0 Å². The van der Waals surface area contributed by atoms with E-state index in [2.05, 4.69) is 29.2 Å². The molecule has 0 aromatic heterocycles. The maximum absolute atomic E-state index is 6.19. The van der Waals surface area contributed by atoms with Crippen LogP contribution in [0.1, 0.15) is 24.4 Å². The third-order valence-corrected chi connectivity index (χ3v) is 5.53. The number of halogens is 4. The van der Waals surface area contributed by atoms with Crippen molar-refractivity contribution in [1.82, 2.24) is 4.90 Å². The quantitative estimate of drug-likeness (QED) is 0.554. The second-order valence-corrected chi connectivity index (χ2v) is 7.02. The molecule has 1 fully saturated rings. The summed E-state index contributed by atoms with van der Waals surface area (Å²) in [7, 11) is 0. The van der Waals surface area contributed by atoms with Crippen LogP contribution in [0.5, 0.6) is 5.75 Å². The van der Waals surface area contributed by atoms with Gasteiger partial charge < -0.3 is 4.74 Å². The zero-order valence-corrected chi connectivity index (χ0v) is 15.3. The molecule has 1 atom stereocenters. The maximum Gasteiger partial charge on any atom is 0.161 e. The highest BCUT2D eigenvalue weighted by Crippen LogP contribution is 2.43. The number of rotatable bonds is 4. The van der Waals surface area contributed by atoms with Gasteiger partial charge >= 0.3 is 0 Å². The first-order valence-corrected chi connectivity index (χ1v) is 8.84. The second kappa shape index (κ2) is 7.50. The Morgan fingerprint density at radius 2 is 1.65 bits per heavy atom.